The van der Waals surface area contributed by atoms with Crippen molar-refractivity contribution in [1.29, 1.82) is 0 Å². The van der Waals surface area contributed by atoms with Crippen molar-refractivity contribution in [3.63, 3.8) is 0 Å². The molecule has 1 aromatic carbocycles. The van der Waals surface area contributed by atoms with Gasteiger partial charge in [-0.3, -0.25) is 0 Å². The van der Waals surface area contributed by atoms with Crippen LogP contribution in [0.15, 0.2) is 39.8 Å². The third-order valence-electron chi connectivity index (χ3n) is 4.40. The summed E-state index contributed by atoms with van der Waals surface area (Å²) in [6.07, 6.45) is 2.44. The third-order valence-corrected chi connectivity index (χ3v) is 6.31. The van der Waals surface area contributed by atoms with Crippen molar-refractivity contribution < 1.29 is 12.8 Å². The minimum atomic E-state index is -3.45. The first-order chi connectivity index (χ1) is 11.5. The number of hydrogen-bond donors (Lipinski definition) is 0. The van der Waals surface area contributed by atoms with E-state index in [9.17, 15) is 8.42 Å². The van der Waals surface area contributed by atoms with Gasteiger partial charge in [0.1, 0.15) is 12.0 Å². The third kappa shape index (κ3) is 3.53. The number of hydrogen-bond acceptors (Lipinski definition) is 5. The van der Waals surface area contributed by atoms with Crippen molar-refractivity contribution in [2.45, 2.75) is 25.2 Å². The smallest absolute Gasteiger partial charge is 0.243 e. The molecule has 3 rings (SSSR count). The van der Waals surface area contributed by atoms with E-state index in [4.69, 9.17) is 4.42 Å². The van der Waals surface area contributed by atoms with Crippen LogP contribution in [0.4, 0.5) is 0 Å². The molecule has 1 saturated heterocycles. The predicted molar refractivity (Wildman–Crippen MR) is 92.2 cm³/mol. The molecule has 6 nitrogen and oxygen atoms in total. The maximum Gasteiger partial charge on any atom is 0.243 e. The van der Waals surface area contributed by atoms with E-state index in [-0.39, 0.29) is 0 Å². The van der Waals surface area contributed by atoms with Gasteiger partial charge in [0, 0.05) is 32.1 Å². The molecule has 0 N–H and O–H groups in total. The molecule has 24 heavy (non-hydrogen) atoms. The monoisotopic (exact) mass is 349 g/mol. The standard InChI is InChI=1S/C17H23N3O3S/c1-3-19-9-4-10-20(12-11-19)24(21,22)16-7-5-15(6-8-16)17-13-23-14(2)18-17/h5-8,13H,3-4,9-12H2,1-2H3. The van der Waals surface area contributed by atoms with E-state index in [0.717, 1.165) is 31.6 Å². The number of aromatic nitrogens is 1. The molecule has 7 heteroatoms. The molecular weight excluding hydrogens is 326 g/mol. The zero-order valence-corrected chi connectivity index (χ0v) is 14.9. The summed E-state index contributed by atoms with van der Waals surface area (Å²) in [5.74, 6) is 0.590. The summed E-state index contributed by atoms with van der Waals surface area (Å²) in [5.41, 5.74) is 1.56. The van der Waals surface area contributed by atoms with Crippen LogP contribution in [-0.4, -0.2) is 55.3 Å². The van der Waals surface area contributed by atoms with Crippen molar-refractivity contribution >= 4 is 10.0 Å². The maximum absolute atomic E-state index is 12.9. The topological polar surface area (TPSA) is 66.7 Å². The molecule has 0 bridgehead atoms. The molecule has 2 heterocycles. The first-order valence-electron chi connectivity index (χ1n) is 8.26. The summed E-state index contributed by atoms with van der Waals surface area (Å²) in [6, 6.07) is 6.86. The van der Waals surface area contributed by atoms with E-state index < -0.39 is 10.0 Å². The molecule has 0 radical (unpaired) electrons. The van der Waals surface area contributed by atoms with Crippen LogP contribution in [0.2, 0.25) is 0 Å². The highest BCUT2D eigenvalue weighted by molar-refractivity contribution is 7.89. The lowest BCUT2D eigenvalue weighted by molar-refractivity contribution is 0.302. The molecule has 130 valence electrons. The van der Waals surface area contributed by atoms with E-state index in [2.05, 4.69) is 16.8 Å². The van der Waals surface area contributed by atoms with Crippen molar-refractivity contribution in [2.24, 2.45) is 0 Å². The zero-order chi connectivity index (χ0) is 17.2. The van der Waals surface area contributed by atoms with Crippen LogP contribution < -0.4 is 0 Å². The van der Waals surface area contributed by atoms with Crippen LogP contribution in [0, 0.1) is 6.92 Å². The Bertz CT molecular complexity index is 784. The normalized spacial score (nSPS) is 17.8. The molecule has 1 aliphatic rings. The van der Waals surface area contributed by atoms with Gasteiger partial charge in [0.05, 0.1) is 4.90 Å². The Hall–Kier alpha value is -1.70. The quantitative estimate of drug-likeness (QED) is 0.848. The van der Waals surface area contributed by atoms with Crippen LogP contribution in [0.25, 0.3) is 11.3 Å². The molecule has 0 saturated carbocycles. The number of sulfonamides is 1. The second kappa shape index (κ2) is 7.04. The van der Waals surface area contributed by atoms with Crippen LogP contribution in [0.3, 0.4) is 0 Å². The molecular formula is C17H23N3O3S. The molecule has 0 aliphatic carbocycles. The lowest BCUT2D eigenvalue weighted by atomic mass is 10.2. The minimum absolute atomic E-state index is 0.330. The maximum atomic E-state index is 12.9. The Kier molecular flexibility index (Phi) is 5.03. The van der Waals surface area contributed by atoms with Gasteiger partial charge >= 0.3 is 0 Å². The van der Waals surface area contributed by atoms with Crippen molar-refractivity contribution in [3.05, 3.63) is 36.4 Å². The second-order valence-electron chi connectivity index (χ2n) is 5.97. The summed E-state index contributed by atoms with van der Waals surface area (Å²) in [5, 5.41) is 0. The number of aryl methyl sites for hydroxylation is 1. The van der Waals surface area contributed by atoms with E-state index >= 15 is 0 Å². The van der Waals surface area contributed by atoms with Crippen LogP contribution in [-0.2, 0) is 10.0 Å². The fourth-order valence-electron chi connectivity index (χ4n) is 2.95. The SMILES string of the molecule is CCN1CCCN(S(=O)(=O)c2ccc(-c3coc(C)n3)cc2)CC1. The van der Waals surface area contributed by atoms with Crippen molar-refractivity contribution in [3.8, 4) is 11.3 Å². The second-order valence-corrected chi connectivity index (χ2v) is 7.91. The average Bonchev–Trinajstić information content (AvgIpc) is 2.87. The molecule has 2 aromatic rings. The highest BCUT2D eigenvalue weighted by Crippen LogP contribution is 2.23. The van der Waals surface area contributed by atoms with Gasteiger partial charge in [-0.2, -0.15) is 4.31 Å². The van der Waals surface area contributed by atoms with E-state index in [0.29, 0.717) is 29.6 Å². The lowest BCUT2D eigenvalue weighted by Gasteiger charge is -2.21. The summed E-state index contributed by atoms with van der Waals surface area (Å²) in [4.78, 5) is 6.87. The van der Waals surface area contributed by atoms with E-state index in [1.165, 1.54) is 0 Å². The van der Waals surface area contributed by atoms with E-state index in [1.807, 2.05) is 0 Å². The van der Waals surface area contributed by atoms with E-state index in [1.54, 1.807) is 41.8 Å². The Balaban J connectivity index is 1.79. The molecule has 1 aliphatic heterocycles. The van der Waals surface area contributed by atoms with Gasteiger partial charge in [0.15, 0.2) is 5.89 Å². The Morgan fingerprint density at radius 2 is 1.88 bits per heavy atom. The Labute approximate surface area is 143 Å². The Morgan fingerprint density at radius 3 is 2.50 bits per heavy atom. The highest BCUT2D eigenvalue weighted by Gasteiger charge is 2.26. The largest absolute Gasteiger partial charge is 0.449 e. The van der Waals surface area contributed by atoms with Gasteiger partial charge in [-0.25, -0.2) is 13.4 Å². The van der Waals surface area contributed by atoms with Crippen LogP contribution in [0.5, 0.6) is 0 Å². The van der Waals surface area contributed by atoms with Gasteiger partial charge in [0.25, 0.3) is 0 Å². The lowest BCUT2D eigenvalue weighted by Crippen LogP contribution is -2.35. The average molecular weight is 349 g/mol. The minimum Gasteiger partial charge on any atom is -0.449 e. The van der Waals surface area contributed by atoms with Gasteiger partial charge in [-0.05, 0) is 31.6 Å². The molecule has 0 atom stereocenters. The summed E-state index contributed by atoms with van der Waals surface area (Å²) in [7, 11) is -3.45. The molecule has 0 unspecified atom stereocenters. The molecule has 0 spiro atoms. The fraction of sp³-hybridized carbons (Fsp3) is 0.471. The van der Waals surface area contributed by atoms with Gasteiger partial charge < -0.3 is 9.32 Å². The summed E-state index contributed by atoms with van der Waals surface area (Å²) in [6.45, 7) is 7.69. The molecule has 0 amide bonds. The number of rotatable bonds is 4. The number of oxazole rings is 1. The van der Waals surface area contributed by atoms with Crippen LogP contribution >= 0.6 is 0 Å². The van der Waals surface area contributed by atoms with Gasteiger partial charge in [-0.15, -0.1) is 0 Å². The van der Waals surface area contributed by atoms with Gasteiger partial charge in [0.2, 0.25) is 10.0 Å². The summed E-state index contributed by atoms with van der Waals surface area (Å²) < 4.78 is 32.5. The predicted octanol–water partition coefficient (Wildman–Crippen LogP) is 2.37. The van der Waals surface area contributed by atoms with Crippen molar-refractivity contribution in [1.82, 2.24) is 14.2 Å². The van der Waals surface area contributed by atoms with Crippen molar-refractivity contribution in [2.75, 3.05) is 32.7 Å². The summed E-state index contributed by atoms with van der Waals surface area (Å²) >= 11 is 0. The van der Waals surface area contributed by atoms with Gasteiger partial charge in [-0.1, -0.05) is 19.1 Å². The fourth-order valence-corrected chi connectivity index (χ4v) is 4.42. The number of benzene rings is 1. The molecule has 1 fully saturated rings. The highest BCUT2D eigenvalue weighted by atomic mass is 32.2. The Morgan fingerprint density at radius 1 is 1.12 bits per heavy atom. The number of likely N-dealkylation sites (N-methyl/N-ethyl adjacent to an activating group) is 1. The first kappa shape index (κ1) is 17.1. The number of nitrogens with zero attached hydrogens (tertiary/aromatic N) is 3. The van der Waals surface area contributed by atoms with Crippen LogP contribution in [0.1, 0.15) is 19.2 Å². The first-order valence-corrected chi connectivity index (χ1v) is 9.70. The molecule has 1 aromatic heterocycles. The zero-order valence-electron chi connectivity index (χ0n) is 14.1.